The van der Waals surface area contributed by atoms with Crippen molar-refractivity contribution in [1.82, 2.24) is 9.97 Å². The second-order valence-corrected chi connectivity index (χ2v) is 5.92. The summed E-state index contributed by atoms with van der Waals surface area (Å²) in [6, 6.07) is 12.5. The number of aromatic nitrogens is 2. The van der Waals surface area contributed by atoms with Crippen LogP contribution in [0.2, 0.25) is 0 Å². The molecule has 4 rings (SSSR count). The van der Waals surface area contributed by atoms with E-state index in [2.05, 4.69) is 15.3 Å². The molecule has 0 unspecified atom stereocenters. The van der Waals surface area contributed by atoms with Gasteiger partial charge in [0.1, 0.15) is 5.76 Å². The zero-order valence-electron chi connectivity index (χ0n) is 13.3. The fourth-order valence-electron chi connectivity index (χ4n) is 2.99. The third-order valence-electron chi connectivity index (χ3n) is 4.25. The van der Waals surface area contributed by atoms with Gasteiger partial charge in [0, 0.05) is 30.5 Å². The number of ketones is 1. The molecule has 0 saturated heterocycles. The van der Waals surface area contributed by atoms with Crippen LogP contribution in [-0.2, 0) is 6.42 Å². The Bertz CT molecular complexity index is 920. The molecule has 2 heterocycles. The SMILES string of the molecule is O=C(Nc1ncc2c(n1)C[C@@H](c1ccco1)CC2=O)c1ccccc1. The summed E-state index contributed by atoms with van der Waals surface area (Å²) in [5.41, 5.74) is 1.67. The van der Waals surface area contributed by atoms with Crippen molar-refractivity contribution in [3.63, 3.8) is 0 Å². The molecule has 0 saturated carbocycles. The van der Waals surface area contributed by atoms with Gasteiger partial charge in [-0.2, -0.15) is 0 Å². The van der Waals surface area contributed by atoms with Crippen LogP contribution in [0.25, 0.3) is 0 Å². The lowest BCUT2D eigenvalue weighted by molar-refractivity contribution is 0.0958. The highest BCUT2D eigenvalue weighted by Gasteiger charge is 2.29. The van der Waals surface area contributed by atoms with E-state index in [1.165, 1.54) is 6.20 Å². The molecule has 1 N–H and O–H groups in total. The third kappa shape index (κ3) is 3.06. The first-order valence-electron chi connectivity index (χ1n) is 7.99. The van der Waals surface area contributed by atoms with E-state index in [9.17, 15) is 9.59 Å². The number of anilines is 1. The second-order valence-electron chi connectivity index (χ2n) is 5.92. The van der Waals surface area contributed by atoms with Crippen molar-refractivity contribution in [3.8, 4) is 0 Å². The molecule has 0 aliphatic heterocycles. The molecule has 6 heteroatoms. The molecule has 0 radical (unpaired) electrons. The van der Waals surface area contributed by atoms with Crippen LogP contribution in [0.4, 0.5) is 5.95 Å². The number of hydrogen-bond donors (Lipinski definition) is 1. The Labute approximate surface area is 143 Å². The van der Waals surface area contributed by atoms with E-state index < -0.39 is 0 Å². The Morgan fingerprint density at radius 2 is 1.96 bits per heavy atom. The number of benzene rings is 1. The maximum absolute atomic E-state index is 12.3. The Morgan fingerprint density at radius 1 is 1.12 bits per heavy atom. The summed E-state index contributed by atoms with van der Waals surface area (Å²) < 4.78 is 5.42. The molecule has 1 aliphatic rings. The highest BCUT2D eigenvalue weighted by Crippen LogP contribution is 2.32. The van der Waals surface area contributed by atoms with Gasteiger partial charge in [0.05, 0.1) is 17.5 Å². The van der Waals surface area contributed by atoms with Crippen molar-refractivity contribution < 1.29 is 14.0 Å². The smallest absolute Gasteiger partial charge is 0.258 e. The van der Waals surface area contributed by atoms with E-state index >= 15 is 0 Å². The number of nitrogens with one attached hydrogen (secondary N) is 1. The lowest BCUT2D eigenvalue weighted by Gasteiger charge is -2.21. The van der Waals surface area contributed by atoms with Crippen molar-refractivity contribution in [2.75, 3.05) is 5.32 Å². The summed E-state index contributed by atoms with van der Waals surface area (Å²) >= 11 is 0. The Kier molecular flexibility index (Phi) is 3.85. The van der Waals surface area contributed by atoms with E-state index in [1.807, 2.05) is 12.1 Å². The largest absolute Gasteiger partial charge is 0.469 e. The van der Waals surface area contributed by atoms with Crippen LogP contribution in [-0.4, -0.2) is 21.7 Å². The summed E-state index contributed by atoms with van der Waals surface area (Å²) in [5, 5.41) is 2.68. The number of rotatable bonds is 3. The van der Waals surface area contributed by atoms with Gasteiger partial charge in [-0.15, -0.1) is 0 Å². The van der Waals surface area contributed by atoms with E-state index in [0.29, 0.717) is 29.7 Å². The monoisotopic (exact) mass is 333 g/mol. The van der Waals surface area contributed by atoms with Crippen LogP contribution in [0.15, 0.2) is 59.3 Å². The van der Waals surface area contributed by atoms with Gasteiger partial charge < -0.3 is 4.42 Å². The minimum absolute atomic E-state index is 0.0106. The molecular weight excluding hydrogens is 318 g/mol. The molecule has 124 valence electrons. The van der Waals surface area contributed by atoms with Gasteiger partial charge >= 0.3 is 0 Å². The minimum Gasteiger partial charge on any atom is -0.469 e. The number of fused-ring (bicyclic) bond motifs is 1. The minimum atomic E-state index is -0.287. The molecule has 0 spiro atoms. The second kappa shape index (κ2) is 6.32. The topological polar surface area (TPSA) is 85.1 Å². The summed E-state index contributed by atoms with van der Waals surface area (Å²) in [5.74, 6) is 0.629. The molecule has 25 heavy (non-hydrogen) atoms. The Balaban J connectivity index is 1.58. The molecule has 1 aliphatic carbocycles. The van der Waals surface area contributed by atoms with E-state index in [-0.39, 0.29) is 23.6 Å². The third-order valence-corrected chi connectivity index (χ3v) is 4.25. The summed E-state index contributed by atoms with van der Waals surface area (Å²) in [6.07, 6.45) is 4.04. The zero-order chi connectivity index (χ0) is 17.2. The predicted molar refractivity (Wildman–Crippen MR) is 90.5 cm³/mol. The first-order chi connectivity index (χ1) is 12.2. The lowest BCUT2D eigenvalue weighted by atomic mass is 9.85. The molecule has 1 aromatic carbocycles. The van der Waals surface area contributed by atoms with Gasteiger partial charge in [0.15, 0.2) is 5.78 Å². The molecule has 6 nitrogen and oxygen atoms in total. The highest BCUT2D eigenvalue weighted by atomic mass is 16.3. The normalized spacial score (nSPS) is 16.3. The lowest BCUT2D eigenvalue weighted by Crippen LogP contribution is -2.22. The van der Waals surface area contributed by atoms with Crippen molar-refractivity contribution in [1.29, 1.82) is 0 Å². The van der Waals surface area contributed by atoms with E-state index in [4.69, 9.17) is 4.42 Å². The zero-order valence-corrected chi connectivity index (χ0v) is 13.3. The van der Waals surface area contributed by atoms with Crippen molar-refractivity contribution in [2.45, 2.75) is 18.8 Å². The average Bonchev–Trinajstić information content (AvgIpc) is 3.17. The van der Waals surface area contributed by atoms with Gasteiger partial charge in [-0.05, 0) is 24.3 Å². The van der Waals surface area contributed by atoms with Crippen molar-refractivity contribution >= 4 is 17.6 Å². The van der Waals surface area contributed by atoms with Crippen LogP contribution in [0.1, 0.15) is 44.5 Å². The number of Topliss-reactive ketones (excluding diaryl/α,β-unsaturated/α-hetero) is 1. The first-order valence-corrected chi connectivity index (χ1v) is 7.99. The number of hydrogen-bond acceptors (Lipinski definition) is 5. The maximum atomic E-state index is 12.3. The van der Waals surface area contributed by atoms with Crippen LogP contribution in [0.5, 0.6) is 0 Å². The molecule has 3 aromatic rings. The van der Waals surface area contributed by atoms with Crippen LogP contribution < -0.4 is 5.32 Å². The highest BCUT2D eigenvalue weighted by molar-refractivity contribution is 6.03. The summed E-state index contributed by atoms with van der Waals surface area (Å²) in [7, 11) is 0. The molecule has 1 amide bonds. The number of carbonyl (C=O) groups excluding carboxylic acids is 2. The molecule has 0 fully saturated rings. The quantitative estimate of drug-likeness (QED) is 0.795. The van der Waals surface area contributed by atoms with Gasteiger partial charge in [-0.25, -0.2) is 9.97 Å². The Morgan fingerprint density at radius 3 is 2.72 bits per heavy atom. The predicted octanol–water partition coefficient (Wildman–Crippen LogP) is 3.23. The van der Waals surface area contributed by atoms with Crippen LogP contribution >= 0.6 is 0 Å². The maximum Gasteiger partial charge on any atom is 0.258 e. The van der Waals surface area contributed by atoms with Crippen molar-refractivity contribution in [3.05, 3.63) is 77.5 Å². The number of nitrogens with zero attached hydrogens (tertiary/aromatic N) is 2. The van der Waals surface area contributed by atoms with Crippen LogP contribution in [0.3, 0.4) is 0 Å². The van der Waals surface area contributed by atoms with E-state index in [1.54, 1.807) is 36.6 Å². The fraction of sp³-hybridized carbons (Fsp3) is 0.158. The first kappa shape index (κ1) is 15.3. The fourth-order valence-corrected chi connectivity index (χ4v) is 2.99. The van der Waals surface area contributed by atoms with Gasteiger partial charge in [-0.3, -0.25) is 14.9 Å². The van der Waals surface area contributed by atoms with Crippen molar-refractivity contribution in [2.24, 2.45) is 0 Å². The summed E-state index contributed by atoms with van der Waals surface area (Å²) in [4.78, 5) is 33.1. The van der Waals surface area contributed by atoms with Gasteiger partial charge in [0.2, 0.25) is 5.95 Å². The van der Waals surface area contributed by atoms with Crippen LogP contribution in [0, 0.1) is 0 Å². The van der Waals surface area contributed by atoms with Gasteiger partial charge in [0.25, 0.3) is 5.91 Å². The molecule has 0 bridgehead atoms. The molecule has 1 atom stereocenters. The van der Waals surface area contributed by atoms with Gasteiger partial charge in [-0.1, -0.05) is 18.2 Å². The molecule has 2 aromatic heterocycles. The Hall–Kier alpha value is -3.28. The molecular formula is C19H15N3O3. The standard InChI is InChI=1S/C19H15N3O3/c23-16-10-13(17-7-4-8-25-17)9-15-14(16)11-20-19(21-15)22-18(24)12-5-2-1-3-6-12/h1-8,11,13H,9-10H2,(H,20,21,22,24)/t13-/m1/s1. The number of amides is 1. The average molecular weight is 333 g/mol. The summed E-state index contributed by atoms with van der Waals surface area (Å²) in [6.45, 7) is 0. The number of furan rings is 1. The number of carbonyl (C=O) groups is 2. The van der Waals surface area contributed by atoms with E-state index in [0.717, 1.165) is 5.76 Å².